The fourth-order valence-corrected chi connectivity index (χ4v) is 1.09. The summed E-state index contributed by atoms with van der Waals surface area (Å²) in [6.45, 7) is 0.966. The highest BCUT2D eigenvalue weighted by molar-refractivity contribution is 7.83. The van der Waals surface area contributed by atoms with Gasteiger partial charge in [-0.25, -0.2) is 4.21 Å². The van der Waals surface area contributed by atoms with Crippen LogP contribution >= 0.6 is 0 Å². The van der Waals surface area contributed by atoms with Crippen molar-refractivity contribution < 1.29 is 4.21 Å². The van der Waals surface area contributed by atoms with Crippen LogP contribution in [0, 0.1) is 0 Å². The van der Waals surface area contributed by atoms with Crippen LogP contribution in [0.3, 0.4) is 0 Å². The highest BCUT2D eigenvalue weighted by atomic mass is 32.2. The summed E-state index contributed by atoms with van der Waals surface area (Å²) in [6.07, 6.45) is 0.961. The van der Waals surface area contributed by atoms with Crippen LogP contribution in [0.25, 0.3) is 0 Å². The minimum atomic E-state index is -1.13. The summed E-state index contributed by atoms with van der Waals surface area (Å²) in [5.74, 6) is 0. The van der Waals surface area contributed by atoms with Crippen LogP contribution in [0.5, 0.6) is 0 Å². The van der Waals surface area contributed by atoms with Crippen molar-refractivity contribution in [2.24, 2.45) is 5.14 Å². The van der Waals surface area contributed by atoms with E-state index in [0.29, 0.717) is 0 Å². The molecule has 0 aromatic carbocycles. The zero-order chi connectivity index (χ0) is 5.28. The van der Waals surface area contributed by atoms with Gasteiger partial charge in [0, 0.05) is 0 Å². The van der Waals surface area contributed by atoms with Gasteiger partial charge in [0.15, 0.2) is 0 Å². The van der Waals surface area contributed by atoms with Crippen LogP contribution < -0.4 is 10.5 Å². The zero-order valence-corrected chi connectivity index (χ0v) is 4.70. The maximum Gasteiger partial charge on any atom is 0.106 e. The smallest absolute Gasteiger partial charge is 0.106 e. The Balaban J connectivity index is 2.27. The second-order valence-electron chi connectivity index (χ2n) is 1.56. The summed E-state index contributed by atoms with van der Waals surface area (Å²) in [5, 5.41) is 8.01. The van der Waals surface area contributed by atoms with Gasteiger partial charge in [0.25, 0.3) is 0 Å². The van der Waals surface area contributed by atoms with Crippen molar-refractivity contribution in [1.82, 2.24) is 5.32 Å². The Morgan fingerprint density at radius 3 is 2.43 bits per heavy atom. The molecule has 1 saturated heterocycles. The van der Waals surface area contributed by atoms with Crippen LogP contribution in [-0.2, 0) is 11.0 Å². The SMILES string of the molecule is NS(=O)C1CCN1. The van der Waals surface area contributed by atoms with Crippen LogP contribution in [-0.4, -0.2) is 16.1 Å². The van der Waals surface area contributed by atoms with Gasteiger partial charge in [0.05, 0.1) is 5.37 Å². The predicted octanol–water partition coefficient (Wildman–Crippen LogP) is -1.07. The molecule has 7 heavy (non-hydrogen) atoms. The number of hydrogen-bond donors (Lipinski definition) is 2. The Kier molecular flexibility index (Phi) is 1.41. The topological polar surface area (TPSA) is 55.1 Å². The Morgan fingerprint density at radius 1 is 1.86 bits per heavy atom. The Bertz CT molecular complexity index is 90.9. The molecule has 0 spiro atoms. The van der Waals surface area contributed by atoms with Crippen molar-refractivity contribution >= 4 is 11.0 Å². The summed E-state index contributed by atoms with van der Waals surface area (Å²) in [5.41, 5.74) is 0. The molecule has 42 valence electrons. The van der Waals surface area contributed by atoms with Gasteiger partial charge in [0.1, 0.15) is 11.0 Å². The molecule has 1 aliphatic heterocycles. The van der Waals surface area contributed by atoms with Gasteiger partial charge in [-0.3, -0.25) is 5.14 Å². The largest absolute Gasteiger partial charge is 0.302 e. The first-order valence-corrected chi connectivity index (χ1v) is 3.46. The number of nitrogens with two attached hydrogens (primary N) is 1. The molecule has 1 aliphatic rings. The maximum absolute atomic E-state index is 10.3. The molecular weight excluding hydrogens is 112 g/mol. The highest BCUT2D eigenvalue weighted by Gasteiger charge is 2.19. The molecule has 3 nitrogen and oxygen atoms in total. The minimum Gasteiger partial charge on any atom is -0.302 e. The summed E-state index contributed by atoms with van der Waals surface area (Å²) in [4.78, 5) is 0. The lowest BCUT2D eigenvalue weighted by atomic mass is 10.3. The average molecular weight is 120 g/mol. The van der Waals surface area contributed by atoms with Gasteiger partial charge in [-0.05, 0) is 13.0 Å². The lowest BCUT2D eigenvalue weighted by molar-refractivity contribution is 0.472. The number of hydrogen-bond acceptors (Lipinski definition) is 2. The Labute approximate surface area is 44.9 Å². The third-order valence-electron chi connectivity index (χ3n) is 1.06. The maximum atomic E-state index is 10.3. The molecule has 0 bridgehead atoms. The molecule has 3 N–H and O–H groups in total. The van der Waals surface area contributed by atoms with E-state index in [9.17, 15) is 4.21 Å². The molecule has 0 aromatic rings. The first kappa shape index (κ1) is 5.21. The van der Waals surface area contributed by atoms with E-state index in [-0.39, 0.29) is 5.37 Å². The quantitative estimate of drug-likeness (QED) is 0.463. The first-order chi connectivity index (χ1) is 3.30. The van der Waals surface area contributed by atoms with Gasteiger partial charge < -0.3 is 5.32 Å². The van der Waals surface area contributed by atoms with Crippen molar-refractivity contribution in [3.63, 3.8) is 0 Å². The van der Waals surface area contributed by atoms with E-state index in [1.54, 1.807) is 0 Å². The lowest BCUT2D eigenvalue weighted by Gasteiger charge is -2.23. The number of rotatable bonds is 1. The van der Waals surface area contributed by atoms with Gasteiger partial charge in [-0.15, -0.1) is 0 Å². The molecule has 0 radical (unpaired) electrons. The van der Waals surface area contributed by atoms with Crippen LogP contribution in [0.15, 0.2) is 0 Å². The van der Waals surface area contributed by atoms with E-state index >= 15 is 0 Å². The molecule has 1 fully saturated rings. The monoisotopic (exact) mass is 120 g/mol. The van der Waals surface area contributed by atoms with E-state index < -0.39 is 11.0 Å². The second-order valence-corrected chi connectivity index (χ2v) is 2.79. The molecule has 4 heteroatoms. The minimum absolute atomic E-state index is 0.0833. The lowest BCUT2D eigenvalue weighted by Crippen LogP contribution is -2.47. The molecular formula is C3H8N2OS. The van der Waals surface area contributed by atoms with Gasteiger partial charge in [0.2, 0.25) is 0 Å². The molecule has 2 unspecified atom stereocenters. The van der Waals surface area contributed by atoms with Gasteiger partial charge in [-0.1, -0.05) is 0 Å². The van der Waals surface area contributed by atoms with Gasteiger partial charge >= 0.3 is 0 Å². The van der Waals surface area contributed by atoms with E-state index in [1.807, 2.05) is 0 Å². The third-order valence-corrected chi connectivity index (χ3v) is 2.02. The molecule has 1 heterocycles. The fraction of sp³-hybridized carbons (Fsp3) is 1.00. The molecule has 0 aromatic heterocycles. The van der Waals surface area contributed by atoms with Crippen LogP contribution in [0.4, 0.5) is 0 Å². The Morgan fingerprint density at radius 2 is 2.43 bits per heavy atom. The number of nitrogens with one attached hydrogen (secondary N) is 1. The molecule has 0 aliphatic carbocycles. The fourth-order valence-electron chi connectivity index (χ4n) is 0.460. The standard InChI is InChI=1S/C3H8N2OS/c4-7(6)3-1-2-5-3/h3,5H,1-2,4H2. The highest BCUT2D eigenvalue weighted by Crippen LogP contribution is 2.01. The summed E-state index contributed by atoms with van der Waals surface area (Å²) < 4.78 is 10.3. The van der Waals surface area contributed by atoms with Crippen LogP contribution in [0.2, 0.25) is 0 Å². The van der Waals surface area contributed by atoms with Crippen molar-refractivity contribution in [3.05, 3.63) is 0 Å². The van der Waals surface area contributed by atoms with E-state index in [4.69, 9.17) is 5.14 Å². The zero-order valence-electron chi connectivity index (χ0n) is 3.89. The van der Waals surface area contributed by atoms with Crippen molar-refractivity contribution in [2.45, 2.75) is 11.8 Å². The molecule has 1 rings (SSSR count). The molecule has 2 atom stereocenters. The average Bonchev–Trinajstić information content (AvgIpc) is 1.23. The third kappa shape index (κ3) is 0.992. The summed E-state index contributed by atoms with van der Waals surface area (Å²) >= 11 is 0. The van der Waals surface area contributed by atoms with E-state index in [0.717, 1.165) is 13.0 Å². The normalized spacial score (nSPS) is 34.1. The van der Waals surface area contributed by atoms with Crippen molar-refractivity contribution in [1.29, 1.82) is 0 Å². The summed E-state index contributed by atoms with van der Waals surface area (Å²) in [6, 6.07) is 0. The van der Waals surface area contributed by atoms with Crippen LogP contribution in [0.1, 0.15) is 6.42 Å². The Hall–Kier alpha value is 0.0700. The molecule has 0 saturated carbocycles. The van der Waals surface area contributed by atoms with E-state index in [2.05, 4.69) is 5.32 Å². The second kappa shape index (κ2) is 1.90. The summed E-state index contributed by atoms with van der Waals surface area (Å²) in [7, 11) is -1.13. The first-order valence-electron chi connectivity index (χ1n) is 2.19. The van der Waals surface area contributed by atoms with Gasteiger partial charge in [-0.2, -0.15) is 0 Å². The van der Waals surface area contributed by atoms with Crippen molar-refractivity contribution in [2.75, 3.05) is 6.54 Å². The van der Waals surface area contributed by atoms with E-state index in [1.165, 1.54) is 0 Å². The predicted molar refractivity (Wildman–Crippen MR) is 28.7 cm³/mol. The molecule has 0 amide bonds. The van der Waals surface area contributed by atoms with Crippen molar-refractivity contribution in [3.8, 4) is 0 Å².